The number of amides is 3. The normalized spacial score (nSPS) is 22.5. The van der Waals surface area contributed by atoms with Gasteiger partial charge >= 0.3 is 5.69 Å². The summed E-state index contributed by atoms with van der Waals surface area (Å²) in [6, 6.07) is 6.39. The zero-order chi connectivity index (χ0) is 41.6. The van der Waals surface area contributed by atoms with E-state index in [0.717, 1.165) is 84.1 Å². The predicted molar refractivity (Wildman–Crippen MR) is 219 cm³/mol. The molecule has 1 aliphatic carbocycles. The van der Waals surface area contributed by atoms with Crippen molar-refractivity contribution in [3.05, 3.63) is 69.9 Å². The zero-order valence-corrected chi connectivity index (χ0v) is 33.1. The summed E-state index contributed by atoms with van der Waals surface area (Å²) in [7, 11) is 1.67. The van der Waals surface area contributed by atoms with E-state index in [1.54, 1.807) is 19.2 Å². The second-order valence-electron chi connectivity index (χ2n) is 15.5. The van der Waals surface area contributed by atoms with Gasteiger partial charge in [0, 0.05) is 77.9 Å². The predicted octanol–water partition coefficient (Wildman–Crippen LogP) is 1.47. The van der Waals surface area contributed by atoms with Gasteiger partial charge in [-0.05, 0) is 62.6 Å². The molecule has 5 heterocycles. The van der Waals surface area contributed by atoms with Crippen LogP contribution in [0, 0.1) is 17.8 Å². The van der Waals surface area contributed by atoms with Gasteiger partial charge in [-0.15, -0.1) is 0 Å². The Kier molecular flexibility index (Phi) is 12.8. The molecule has 0 radical (unpaired) electrons. The highest BCUT2D eigenvalue weighted by Gasteiger charge is 2.32. The molecule has 59 heavy (non-hydrogen) atoms. The van der Waals surface area contributed by atoms with Crippen molar-refractivity contribution in [2.24, 2.45) is 29.4 Å². The van der Waals surface area contributed by atoms with Crippen LogP contribution in [0.25, 0.3) is 16.6 Å². The lowest BCUT2D eigenvalue weighted by Crippen LogP contribution is -2.48. The Morgan fingerprint density at radius 1 is 1.05 bits per heavy atom. The number of anilines is 1. The van der Waals surface area contributed by atoms with Crippen LogP contribution < -0.4 is 32.7 Å². The molecule has 3 aliphatic heterocycles. The van der Waals surface area contributed by atoms with Crippen LogP contribution in [0.2, 0.25) is 0 Å². The fraction of sp³-hybridized carbons (Fsp3) is 0.488. The van der Waals surface area contributed by atoms with Crippen LogP contribution in [0.4, 0.5) is 14.6 Å². The van der Waals surface area contributed by atoms with Gasteiger partial charge in [-0.1, -0.05) is 17.9 Å². The van der Waals surface area contributed by atoms with Crippen molar-refractivity contribution in [2.75, 3.05) is 57.3 Å². The SMILES string of the molecule is Cn1c(=O)n(C2CCC(=O)NC2=O)c2cccc(C#CCN3CCN(CC4CCC(N=CC(NC(=O)C(=CN)c5nccc(N6CCC6)n5)=C(N)C(F)F)CC4)CC3)c21. The topological polar surface area (TPSA) is 202 Å². The molecule has 0 bridgehead atoms. The molecule has 16 nitrogen and oxygen atoms in total. The van der Waals surface area contributed by atoms with E-state index in [9.17, 15) is 28.0 Å². The summed E-state index contributed by atoms with van der Waals surface area (Å²) in [6.45, 7) is 6.78. The maximum atomic E-state index is 13.8. The van der Waals surface area contributed by atoms with E-state index < -0.39 is 30.0 Å². The molecule has 3 aromatic rings. The minimum Gasteiger partial charge on any atom is -0.404 e. The Hall–Kier alpha value is -5.93. The molecule has 312 valence electrons. The van der Waals surface area contributed by atoms with Crippen LogP contribution in [0.15, 0.2) is 57.8 Å². The average molecular weight is 813 g/mol. The summed E-state index contributed by atoms with van der Waals surface area (Å²) in [4.78, 5) is 70.7. The number of rotatable bonds is 11. The molecule has 1 atom stereocenters. The molecule has 4 fully saturated rings. The number of para-hydroxylation sites is 1. The van der Waals surface area contributed by atoms with Crippen molar-refractivity contribution < 1.29 is 23.2 Å². The number of halogens is 2. The van der Waals surface area contributed by atoms with Gasteiger partial charge in [0.2, 0.25) is 11.8 Å². The summed E-state index contributed by atoms with van der Waals surface area (Å²) in [5, 5.41) is 4.81. The van der Waals surface area contributed by atoms with Crippen LogP contribution in [0.5, 0.6) is 0 Å². The number of allylic oxidation sites excluding steroid dienone is 2. The first-order chi connectivity index (χ1) is 28.5. The summed E-state index contributed by atoms with van der Waals surface area (Å²) in [5.74, 6) is 6.19. The van der Waals surface area contributed by atoms with E-state index in [0.29, 0.717) is 34.9 Å². The number of carbonyl (C=O) groups is 3. The number of nitrogens with one attached hydrogen (secondary N) is 2. The number of aryl methyl sites for hydroxylation is 1. The molecule has 3 saturated heterocycles. The first-order valence-corrected chi connectivity index (χ1v) is 20.1. The maximum Gasteiger partial charge on any atom is 0.329 e. The van der Waals surface area contributed by atoms with Gasteiger partial charge in [0.25, 0.3) is 12.3 Å². The Morgan fingerprint density at radius 2 is 1.80 bits per heavy atom. The smallest absolute Gasteiger partial charge is 0.329 e. The second-order valence-corrected chi connectivity index (χ2v) is 15.5. The third-order valence-electron chi connectivity index (χ3n) is 11.6. The molecule has 2 aromatic heterocycles. The maximum absolute atomic E-state index is 13.8. The number of hydrogen-bond donors (Lipinski definition) is 4. The largest absolute Gasteiger partial charge is 0.404 e. The summed E-state index contributed by atoms with van der Waals surface area (Å²) in [6.07, 6.45) is 5.74. The van der Waals surface area contributed by atoms with Gasteiger partial charge < -0.3 is 26.6 Å². The molecule has 4 aliphatic rings. The number of imide groups is 1. The molecule has 18 heteroatoms. The first kappa shape index (κ1) is 41.2. The zero-order valence-electron chi connectivity index (χ0n) is 33.1. The number of alkyl halides is 2. The van der Waals surface area contributed by atoms with E-state index >= 15 is 0 Å². The Labute approximate surface area is 340 Å². The molecule has 1 unspecified atom stereocenters. The highest BCUT2D eigenvalue weighted by atomic mass is 19.3. The standard InChI is InChI=1S/C41H50F2N12O4/c1-51-36-27(5-2-7-31(36)55(41(51)59)32-12-13-34(56)50-40(32)58)6-3-16-52-19-21-53(22-20-52)25-26-8-10-28(11-9-26)47-24-30(35(45)37(42)43)48-39(57)29(23-44)38-46-15-14-33(49-38)54-17-4-18-54/h2,5,7,14-15,23-24,26,28,32,37H,4,8-13,16-22,25,44-45H2,1H3,(H,48,57)(H,50,56,58). The van der Waals surface area contributed by atoms with E-state index in [4.69, 9.17) is 11.5 Å². The number of imidazole rings is 1. The van der Waals surface area contributed by atoms with Gasteiger partial charge in [0.1, 0.15) is 17.6 Å². The third-order valence-corrected chi connectivity index (χ3v) is 11.6. The molecule has 3 amide bonds. The van der Waals surface area contributed by atoms with Crippen molar-refractivity contribution in [3.63, 3.8) is 0 Å². The number of aliphatic imine (C=N–C) groups is 1. The molecular weight excluding hydrogens is 763 g/mol. The Balaban J connectivity index is 0.882. The molecule has 6 N–H and O–H groups in total. The Morgan fingerprint density at radius 3 is 2.47 bits per heavy atom. The third kappa shape index (κ3) is 9.36. The lowest BCUT2D eigenvalue weighted by atomic mass is 9.86. The highest BCUT2D eigenvalue weighted by molar-refractivity contribution is 6.19. The number of piperidine rings is 1. The second kappa shape index (κ2) is 18.3. The minimum absolute atomic E-state index is 0.0713. The Bertz CT molecular complexity index is 2290. The molecule has 1 saturated carbocycles. The molecule has 0 spiro atoms. The number of fused-ring (bicyclic) bond motifs is 1. The van der Waals surface area contributed by atoms with Crippen LogP contribution in [0.1, 0.15) is 62.4 Å². The molecule has 7 rings (SSSR count). The van der Waals surface area contributed by atoms with Gasteiger partial charge in [-0.2, -0.15) is 0 Å². The van der Waals surface area contributed by atoms with Crippen LogP contribution in [-0.2, 0) is 21.4 Å². The summed E-state index contributed by atoms with van der Waals surface area (Å²) < 4.78 is 30.5. The van der Waals surface area contributed by atoms with Crippen molar-refractivity contribution in [1.82, 2.24) is 39.5 Å². The number of benzene rings is 1. The van der Waals surface area contributed by atoms with E-state index in [2.05, 4.69) is 47.2 Å². The quantitative estimate of drug-likeness (QED) is 0.0946. The number of carbonyl (C=O) groups excluding carboxylic acids is 3. The average Bonchev–Trinajstić information content (AvgIpc) is 3.46. The molecular formula is C41H50F2N12O4. The number of aromatic nitrogens is 4. The lowest BCUT2D eigenvalue weighted by molar-refractivity contribution is -0.135. The van der Waals surface area contributed by atoms with Crippen LogP contribution in [-0.4, -0.2) is 118 Å². The van der Waals surface area contributed by atoms with Crippen molar-refractivity contribution >= 4 is 46.4 Å². The number of nitrogens with zero attached hydrogens (tertiary/aromatic N) is 8. The fourth-order valence-electron chi connectivity index (χ4n) is 8.11. The van der Waals surface area contributed by atoms with Gasteiger partial charge in [0.05, 0.1) is 40.5 Å². The monoisotopic (exact) mass is 812 g/mol. The first-order valence-electron chi connectivity index (χ1n) is 20.1. The summed E-state index contributed by atoms with van der Waals surface area (Å²) in [5.41, 5.74) is 12.0. The number of nitrogens with two attached hydrogens (primary N) is 2. The lowest BCUT2D eigenvalue weighted by Gasteiger charge is -2.37. The summed E-state index contributed by atoms with van der Waals surface area (Å²) >= 11 is 0. The van der Waals surface area contributed by atoms with Crippen molar-refractivity contribution in [1.29, 1.82) is 0 Å². The van der Waals surface area contributed by atoms with Gasteiger partial charge in [-0.25, -0.2) is 23.5 Å². The van der Waals surface area contributed by atoms with Crippen LogP contribution in [0.3, 0.4) is 0 Å². The van der Waals surface area contributed by atoms with Gasteiger partial charge in [-0.3, -0.25) is 38.7 Å². The number of piperazine rings is 1. The fourth-order valence-corrected chi connectivity index (χ4v) is 8.11. The van der Waals surface area contributed by atoms with Crippen LogP contribution >= 0.6 is 0 Å². The van der Waals surface area contributed by atoms with E-state index in [1.807, 2.05) is 17.0 Å². The van der Waals surface area contributed by atoms with E-state index in [-0.39, 0.29) is 47.6 Å². The molecule has 1 aromatic carbocycles. The number of hydrogen-bond acceptors (Lipinski definition) is 12. The van der Waals surface area contributed by atoms with Crippen molar-refractivity contribution in [2.45, 2.75) is 63.5 Å². The minimum atomic E-state index is -3.00. The van der Waals surface area contributed by atoms with Gasteiger partial charge in [0.15, 0.2) is 5.82 Å². The highest BCUT2D eigenvalue weighted by Crippen LogP contribution is 2.28. The van der Waals surface area contributed by atoms with Crippen molar-refractivity contribution in [3.8, 4) is 11.8 Å². The van der Waals surface area contributed by atoms with E-state index in [1.165, 1.54) is 21.5 Å².